The minimum Gasteiger partial charge on any atom is -0.411 e. The molecule has 1 rings (SSSR count). The van der Waals surface area contributed by atoms with Crippen molar-refractivity contribution in [2.75, 3.05) is 0 Å². The molecule has 0 saturated heterocycles. The lowest BCUT2D eigenvalue weighted by atomic mass is 9.83. The van der Waals surface area contributed by atoms with Crippen molar-refractivity contribution in [1.82, 2.24) is 0 Å². The van der Waals surface area contributed by atoms with E-state index in [1.165, 1.54) is 0 Å². The van der Waals surface area contributed by atoms with Gasteiger partial charge in [-0.1, -0.05) is 27.5 Å². The molecule has 1 fully saturated rings. The van der Waals surface area contributed by atoms with E-state index in [1.54, 1.807) is 0 Å². The van der Waals surface area contributed by atoms with Crippen LogP contribution in [0.3, 0.4) is 0 Å². The molecule has 0 heterocycles. The summed E-state index contributed by atoms with van der Waals surface area (Å²) in [4.78, 5) is 11.5. The van der Waals surface area contributed by atoms with Crippen molar-refractivity contribution in [3.63, 3.8) is 0 Å². The molecule has 1 N–H and O–H groups in total. The number of halogens is 1. The average molecular weight is 248 g/mol. The van der Waals surface area contributed by atoms with E-state index >= 15 is 0 Å². The standard InChI is InChI=1S/C9H14BrNO2/c1-6(10)9(12)7-4-2-3-5-8(7)11-13/h6-7,13H,2-5H2,1H3. The molecule has 2 atom stereocenters. The predicted octanol–water partition coefficient (Wildman–Crippen LogP) is 2.36. The Hall–Kier alpha value is -0.380. The number of alkyl halides is 1. The van der Waals surface area contributed by atoms with Crippen LogP contribution in [-0.4, -0.2) is 21.5 Å². The zero-order chi connectivity index (χ0) is 9.84. The number of oxime groups is 1. The number of carbonyl (C=O) groups is 1. The molecule has 0 bridgehead atoms. The largest absolute Gasteiger partial charge is 0.411 e. The van der Waals surface area contributed by atoms with Gasteiger partial charge >= 0.3 is 0 Å². The molecule has 2 unspecified atom stereocenters. The first-order chi connectivity index (χ1) is 6.16. The van der Waals surface area contributed by atoms with Crippen molar-refractivity contribution < 1.29 is 10.0 Å². The van der Waals surface area contributed by atoms with Crippen LogP contribution < -0.4 is 0 Å². The highest BCUT2D eigenvalue weighted by atomic mass is 79.9. The van der Waals surface area contributed by atoms with Crippen LogP contribution in [0.4, 0.5) is 0 Å². The first-order valence-electron chi connectivity index (χ1n) is 4.55. The summed E-state index contributed by atoms with van der Waals surface area (Å²) in [6.45, 7) is 1.81. The Kier molecular flexibility index (Phi) is 3.90. The molecule has 0 aromatic rings. The molecule has 0 radical (unpaired) electrons. The third kappa shape index (κ3) is 2.53. The van der Waals surface area contributed by atoms with Crippen molar-refractivity contribution in [2.45, 2.75) is 37.4 Å². The summed E-state index contributed by atoms with van der Waals surface area (Å²) in [6, 6.07) is 0. The maximum Gasteiger partial charge on any atom is 0.154 e. The van der Waals surface area contributed by atoms with Crippen molar-refractivity contribution in [3.8, 4) is 0 Å². The molecule has 0 aromatic carbocycles. The maximum atomic E-state index is 11.6. The molecule has 1 aliphatic carbocycles. The third-order valence-corrected chi connectivity index (χ3v) is 2.89. The van der Waals surface area contributed by atoms with Crippen LogP contribution in [0.1, 0.15) is 32.6 Å². The molecule has 0 amide bonds. The molecule has 0 aromatic heterocycles. The van der Waals surface area contributed by atoms with Gasteiger partial charge in [0, 0.05) is 0 Å². The summed E-state index contributed by atoms with van der Waals surface area (Å²) < 4.78 is 0. The maximum absolute atomic E-state index is 11.6. The highest BCUT2D eigenvalue weighted by molar-refractivity contribution is 9.10. The van der Waals surface area contributed by atoms with E-state index in [0.29, 0.717) is 5.71 Å². The second kappa shape index (κ2) is 4.74. The van der Waals surface area contributed by atoms with Crippen LogP contribution in [-0.2, 0) is 4.79 Å². The van der Waals surface area contributed by atoms with Crippen LogP contribution in [0.2, 0.25) is 0 Å². The molecular weight excluding hydrogens is 234 g/mol. The Bertz CT molecular complexity index is 226. The summed E-state index contributed by atoms with van der Waals surface area (Å²) in [7, 11) is 0. The number of Topliss-reactive ketones (excluding diaryl/α,β-unsaturated/α-hetero) is 1. The third-order valence-electron chi connectivity index (χ3n) is 2.44. The molecule has 3 nitrogen and oxygen atoms in total. The minimum absolute atomic E-state index is 0.132. The fourth-order valence-electron chi connectivity index (χ4n) is 1.70. The molecule has 4 heteroatoms. The zero-order valence-corrected chi connectivity index (χ0v) is 9.25. The smallest absolute Gasteiger partial charge is 0.154 e. The van der Waals surface area contributed by atoms with Gasteiger partial charge in [0.1, 0.15) is 0 Å². The second-order valence-electron chi connectivity index (χ2n) is 3.41. The number of rotatable bonds is 2. The highest BCUT2D eigenvalue weighted by Crippen LogP contribution is 2.24. The van der Waals surface area contributed by atoms with Gasteiger partial charge in [-0.05, 0) is 26.2 Å². The average Bonchev–Trinajstić information content (AvgIpc) is 2.16. The zero-order valence-electron chi connectivity index (χ0n) is 7.66. The number of carbonyl (C=O) groups excluding carboxylic acids is 1. The van der Waals surface area contributed by atoms with E-state index in [9.17, 15) is 4.79 Å². The highest BCUT2D eigenvalue weighted by Gasteiger charge is 2.29. The molecular formula is C9H14BrNO2. The van der Waals surface area contributed by atoms with Gasteiger partial charge in [0.15, 0.2) is 5.78 Å². The van der Waals surface area contributed by atoms with Gasteiger partial charge in [-0.2, -0.15) is 0 Å². The Morgan fingerprint density at radius 3 is 2.92 bits per heavy atom. The van der Waals surface area contributed by atoms with E-state index in [-0.39, 0.29) is 16.5 Å². The topological polar surface area (TPSA) is 49.7 Å². The van der Waals surface area contributed by atoms with Gasteiger partial charge in [0.25, 0.3) is 0 Å². The van der Waals surface area contributed by atoms with Crippen LogP contribution in [0.5, 0.6) is 0 Å². The van der Waals surface area contributed by atoms with E-state index in [0.717, 1.165) is 25.7 Å². The summed E-state index contributed by atoms with van der Waals surface area (Å²) in [5, 5.41) is 11.9. The lowest BCUT2D eigenvalue weighted by Gasteiger charge is -2.22. The Balaban J connectivity index is 2.70. The van der Waals surface area contributed by atoms with E-state index in [4.69, 9.17) is 5.21 Å². The van der Waals surface area contributed by atoms with Crippen molar-refractivity contribution >= 4 is 27.4 Å². The molecule has 0 aliphatic heterocycles. The minimum atomic E-state index is -0.159. The van der Waals surface area contributed by atoms with Crippen LogP contribution in [0.15, 0.2) is 5.16 Å². The van der Waals surface area contributed by atoms with Crippen molar-refractivity contribution in [3.05, 3.63) is 0 Å². The van der Waals surface area contributed by atoms with Gasteiger partial charge < -0.3 is 5.21 Å². The first-order valence-corrected chi connectivity index (χ1v) is 5.47. The van der Waals surface area contributed by atoms with E-state index in [2.05, 4.69) is 21.1 Å². The predicted molar refractivity (Wildman–Crippen MR) is 54.6 cm³/mol. The van der Waals surface area contributed by atoms with Crippen molar-refractivity contribution in [2.24, 2.45) is 11.1 Å². The van der Waals surface area contributed by atoms with Gasteiger partial charge in [-0.3, -0.25) is 4.79 Å². The van der Waals surface area contributed by atoms with E-state index < -0.39 is 0 Å². The quantitative estimate of drug-likeness (QED) is 0.463. The molecule has 1 aliphatic rings. The van der Waals surface area contributed by atoms with Crippen molar-refractivity contribution in [1.29, 1.82) is 0 Å². The van der Waals surface area contributed by atoms with Gasteiger partial charge in [0.2, 0.25) is 0 Å². The molecule has 1 saturated carbocycles. The lowest BCUT2D eigenvalue weighted by molar-refractivity contribution is -0.120. The fraction of sp³-hybridized carbons (Fsp3) is 0.778. The Morgan fingerprint density at radius 2 is 2.38 bits per heavy atom. The van der Waals surface area contributed by atoms with E-state index in [1.807, 2.05) is 6.92 Å². The number of hydrogen-bond acceptors (Lipinski definition) is 3. The summed E-state index contributed by atoms with van der Waals surface area (Å²) >= 11 is 3.25. The second-order valence-corrected chi connectivity index (χ2v) is 4.78. The van der Waals surface area contributed by atoms with Gasteiger partial charge in [-0.25, -0.2) is 0 Å². The molecule has 0 spiro atoms. The fourth-order valence-corrected chi connectivity index (χ4v) is 2.02. The molecule has 74 valence electrons. The number of hydrogen-bond donors (Lipinski definition) is 1. The van der Waals surface area contributed by atoms with Crippen LogP contribution >= 0.6 is 15.9 Å². The van der Waals surface area contributed by atoms with Crippen LogP contribution in [0, 0.1) is 5.92 Å². The Morgan fingerprint density at radius 1 is 1.69 bits per heavy atom. The normalized spacial score (nSPS) is 28.8. The lowest BCUT2D eigenvalue weighted by Crippen LogP contribution is -2.31. The first kappa shape index (κ1) is 10.7. The number of ketones is 1. The molecule has 13 heavy (non-hydrogen) atoms. The number of nitrogens with zero attached hydrogens (tertiary/aromatic N) is 1. The van der Waals surface area contributed by atoms with Crippen LogP contribution in [0.25, 0.3) is 0 Å². The Labute approximate surface area is 86.3 Å². The summed E-state index contributed by atoms with van der Waals surface area (Å²) in [6.07, 6.45) is 3.66. The van der Waals surface area contributed by atoms with Gasteiger partial charge in [-0.15, -0.1) is 0 Å². The summed E-state index contributed by atoms with van der Waals surface area (Å²) in [5.41, 5.74) is 0.655. The van der Waals surface area contributed by atoms with Gasteiger partial charge in [0.05, 0.1) is 16.5 Å². The monoisotopic (exact) mass is 247 g/mol. The SMILES string of the molecule is CC(Br)C(=O)C1CCCCC1=NO. The summed E-state index contributed by atoms with van der Waals surface area (Å²) in [5.74, 6) is -0.0272.